The minimum absolute atomic E-state index is 0.328. The second kappa shape index (κ2) is 7.55. The van der Waals surface area contributed by atoms with Gasteiger partial charge in [-0.15, -0.1) is 0 Å². The molecule has 1 heterocycles. The zero-order valence-corrected chi connectivity index (χ0v) is 13.2. The van der Waals surface area contributed by atoms with Crippen molar-refractivity contribution >= 4 is 17.2 Å². The molecule has 0 spiro atoms. The standard InChI is InChI=1S/C13H25N5S/c1-10(2)7-17(6-5-12(14)19)8-13-15-9-16-18(13)11(3)4/h9-11H,5-8H2,1-4H3,(H2,14,19). The molecule has 0 aliphatic carbocycles. The van der Waals surface area contributed by atoms with Crippen LogP contribution in [0.4, 0.5) is 0 Å². The molecule has 0 fully saturated rings. The zero-order chi connectivity index (χ0) is 14.4. The minimum atomic E-state index is 0.328. The highest BCUT2D eigenvalue weighted by Gasteiger charge is 2.14. The second-order valence-electron chi connectivity index (χ2n) is 5.56. The van der Waals surface area contributed by atoms with Crippen molar-refractivity contribution in [2.75, 3.05) is 13.1 Å². The Hall–Kier alpha value is -1.01. The lowest BCUT2D eigenvalue weighted by molar-refractivity contribution is 0.231. The largest absolute Gasteiger partial charge is 0.393 e. The molecule has 0 aliphatic rings. The molecule has 0 aliphatic heterocycles. The van der Waals surface area contributed by atoms with Gasteiger partial charge in [-0.25, -0.2) is 9.67 Å². The van der Waals surface area contributed by atoms with Crippen molar-refractivity contribution in [3.63, 3.8) is 0 Å². The van der Waals surface area contributed by atoms with Gasteiger partial charge in [-0.1, -0.05) is 26.1 Å². The number of thiocarbonyl (C=S) groups is 1. The van der Waals surface area contributed by atoms with E-state index in [2.05, 4.69) is 42.7 Å². The summed E-state index contributed by atoms with van der Waals surface area (Å²) < 4.78 is 1.97. The topological polar surface area (TPSA) is 60.0 Å². The summed E-state index contributed by atoms with van der Waals surface area (Å²) in [5.41, 5.74) is 5.59. The number of hydrogen-bond donors (Lipinski definition) is 1. The van der Waals surface area contributed by atoms with Crippen LogP contribution in [-0.4, -0.2) is 37.7 Å². The van der Waals surface area contributed by atoms with Crippen LogP contribution >= 0.6 is 12.2 Å². The molecule has 0 aromatic carbocycles. The molecule has 6 heteroatoms. The third-order valence-electron chi connectivity index (χ3n) is 2.80. The van der Waals surface area contributed by atoms with Gasteiger partial charge in [-0.05, 0) is 19.8 Å². The highest BCUT2D eigenvalue weighted by molar-refractivity contribution is 7.80. The molecule has 1 aromatic rings. The molecule has 0 amide bonds. The number of rotatable bonds is 8. The Labute approximate surface area is 121 Å². The average molecular weight is 283 g/mol. The smallest absolute Gasteiger partial charge is 0.141 e. The molecule has 0 saturated heterocycles. The van der Waals surface area contributed by atoms with E-state index < -0.39 is 0 Å². The van der Waals surface area contributed by atoms with Crippen LogP contribution in [0.15, 0.2) is 6.33 Å². The van der Waals surface area contributed by atoms with Gasteiger partial charge in [0.1, 0.15) is 12.2 Å². The number of nitrogens with zero attached hydrogens (tertiary/aromatic N) is 4. The van der Waals surface area contributed by atoms with Crippen LogP contribution in [0.3, 0.4) is 0 Å². The molecular formula is C13H25N5S. The van der Waals surface area contributed by atoms with Crippen LogP contribution in [0.5, 0.6) is 0 Å². The summed E-state index contributed by atoms with van der Waals surface area (Å²) >= 11 is 4.96. The summed E-state index contributed by atoms with van der Waals surface area (Å²) in [6.07, 6.45) is 2.37. The molecule has 0 bridgehead atoms. The Balaban J connectivity index is 2.69. The maximum absolute atomic E-state index is 5.59. The molecule has 2 N–H and O–H groups in total. The molecule has 0 saturated carbocycles. The molecule has 0 unspecified atom stereocenters. The van der Waals surface area contributed by atoms with Crippen LogP contribution in [0, 0.1) is 5.92 Å². The van der Waals surface area contributed by atoms with Gasteiger partial charge in [0.25, 0.3) is 0 Å². The minimum Gasteiger partial charge on any atom is -0.393 e. The summed E-state index contributed by atoms with van der Waals surface area (Å²) in [4.78, 5) is 7.27. The van der Waals surface area contributed by atoms with E-state index in [4.69, 9.17) is 18.0 Å². The van der Waals surface area contributed by atoms with Crippen molar-refractivity contribution in [3.05, 3.63) is 12.2 Å². The SMILES string of the molecule is CC(C)CN(CCC(N)=S)Cc1ncnn1C(C)C. The van der Waals surface area contributed by atoms with Crippen molar-refractivity contribution in [1.29, 1.82) is 0 Å². The maximum atomic E-state index is 5.59. The van der Waals surface area contributed by atoms with E-state index in [1.807, 2.05) is 4.68 Å². The molecule has 19 heavy (non-hydrogen) atoms. The fourth-order valence-corrected chi connectivity index (χ4v) is 2.13. The van der Waals surface area contributed by atoms with E-state index in [-0.39, 0.29) is 0 Å². The van der Waals surface area contributed by atoms with Gasteiger partial charge in [-0.3, -0.25) is 4.90 Å². The van der Waals surface area contributed by atoms with Crippen molar-refractivity contribution in [2.24, 2.45) is 11.7 Å². The summed E-state index contributed by atoms with van der Waals surface area (Å²) in [5, 5.41) is 4.27. The van der Waals surface area contributed by atoms with E-state index in [0.717, 1.165) is 31.9 Å². The van der Waals surface area contributed by atoms with E-state index in [1.54, 1.807) is 6.33 Å². The van der Waals surface area contributed by atoms with Crippen molar-refractivity contribution in [3.8, 4) is 0 Å². The Kier molecular flexibility index (Phi) is 6.37. The number of hydrogen-bond acceptors (Lipinski definition) is 4. The normalized spacial score (nSPS) is 11.7. The lowest BCUT2D eigenvalue weighted by atomic mass is 10.2. The predicted octanol–water partition coefficient (Wildman–Crippen LogP) is 1.99. The van der Waals surface area contributed by atoms with E-state index in [1.165, 1.54) is 0 Å². The van der Waals surface area contributed by atoms with Crippen LogP contribution in [0.2, 0.25) is 0 Å². The van der Waals surface area contributed by atoms with Crippen LogP contribution < -0.4 is 5.73 Å². The first-order chi connectivity index (χ1) is 8.90. The van der Waals surface area contributed by atoms with Crippen molar-refractivity contribution in [1.82, 2.24) is 19.7 Å². The average Bonchev–Trinajstić information content (AvgIpc) is 2.73. The van der Waals surface area contributed by atoms with Crippen LogP contribution in [-0.2, 0) is 6.54 Å². The molecule has 0 atom stereocenters. The Morgan fingerprint density at radius 3 is 2.63 bits per heavy atom. The Bertz CT molecular complexity index is 399. The summed E-state index contributed by atoms with van der Waals surface area (Å²) in [6.45, 7) is 11.3. The lowest BCUT2D eigenvalue weighted by Crippen LogP contribution is -2.32. The van der Waals surface area contributed by atoms with Crippen molar-refractivity contribution in [2.45, 2.75) is 46.7 Å². The highest BCUT2D eigenvalue weighted by atomic mass is 32.1. The number of aromatic nitrogens is 3. The summed E-state index contributed by atoms with van der Waals surface area (Å²) in [6, 6.07) is 0.328. The van der Waals surface area contributed by atoms with E-state index in [0.29, 0.717) is 16.9 Å². The van der Waals surface area contributed by atoms with E-state index >= 15 is 0 Å². The van der Waals surface area contributed by atoms with Crippen LogP contribution in [0.25, 0.3) is 0 Å². The quantitative estimate of drug-likeness (QED) is 0.739. The first-order valence-corrected chi connectivity index (χ1v) is 7.20. The fraction of sp³-hybridized carbons (Fsp3) is 0.769. The summed E-state index contributed by atoms with van der Waals surface area (Å²) in [5.74, 6) is 1.60. The van der Waals surface area contributed by atoms with E-state index in [9.17, 15) is 0 Å². The van der Waals surface area contributed by atoms with Gasteiger partial charge >= 0.3 is 0 Å². The first kappa shape index (κ1) is 16.0. The monoisotopic (exact) mass is 283 g/mol. The molecule has 0 radical (unpaired) electrons. The molecule has 5 nitrogen and oxygen atoms in total. The molecule has 108 valence electrons. The first-order valence-electron chi connectivity index (χ1n) is 6.79. The van der Waals surface area contributed by atoms with Crippen molar-refractivity contribution < 1.29 is 0 Å². The molecule has 1 rings (SSSR count). The van der Waals surface area contributed by atoms with Gasteiger partial charge in [0.15, 0.2) is 0 Å². The maximum Gasteiger partial charge on any atom is 0.141 e. The highest BCUT2D eigenvalue weighted by Crippen LogP contribution is 2.10. The van der Waals surface area contributed by atoms with Gasteiger partial charge in [0, 0.05) is 25.6 Å². The van der Waals surface area contributed by atoms with Gasteiger partial charge in [-0.2, -0.15) is 5.10 Å². The number of nitrogens with two attached hydrogens (primary N) is 1. The fourth-order valence-electron chi connectivity index (χ4n) is 2.04. The molecule has 1 aromatic heterocycles. The van der Waals surface area contributed by atoms with Crippen LogP contribution in [0.1, 0.15) is 46.0 Å². The third kappa shape index (κ3) is 5.65. The second-order valence-corrected chi connectivity index (χ2v) is 6.08. The zero-order valence-electron chi connectivity index (χ0n) is 12.3. The Morgan fingerprint density at radius 1 is 1.42 bits per heavy atom. The summed E-state index contributed by atoms with van der Waals surface area (Å²) in [7, 11) is 0. The predicted molar refractivity (Wildman–Crippen MR) is 81.9 cm³/mol. The molecular weight excluding hydrogens is 258 g/mol. The lowest BCUT2D eigenvalue weighted by Gasteiger charge is -2.24. The Morgan fingerprint density at radius 2 is 2.11 bits per heavy atom. The van der Waals surface area contributed by atoms with Gasteiger partial charge in [0.2, 0.25) is 0 Å². The third-order valence-corrected chi connectivity index (χ3v) is 3.00. The van der Waals surface area contributed by atoms with Gasteiger partial charge in [0.05, 0.1) is 11.5 Å². The van der Waals surface area contributed by atoms with Gasteiger partial charge < -0.3 is 5.73 Å².